The number of aliphatic hydroxyl groups is 1. The molecule has 0 saturated heterocycles. The molecule has 2 fully saturated rings. The molecule has 0 aromatic heterocycles. The second-order valence-electron chi connectivity index (χ2n) is 7.89. The van der Waals surface area contributed by atoms with Crippen molar-refractivity contribution in [1.82, 2.24) is 0 Å². The van der Waals surface area contributed by atoms with Crippen LogP contribution < -0.4 is 0 Å². The molecule has 2 saturated carbocycles. The number of hydrogen-bond donors (Lipinski definition) is 1. The van der Waals surface area contributed by atoms with Crippen LogP contribution in [0.2, 0.25) is 0 Å². The first kappa shape index (κ1) is 17.2. The quantitative estimate of drug-likeness (QED) is 0.491. The van der Waals surface area contributed by atoms with Gasteiger partial charge in [0.1, 0.15) is 12.9 Å². The summed E-state index contributed by atoms with van der Waals surface area (Å²) in [5.41, 5.74) is 0.874. The molecule has 24 heavy (non-hydrogen) atoms. The fourth-order valence-electron chi connectivity index (χ4n) is 5.07. The van der Waals surface area contributed by atoms with Crippen molar-refractivity contribution < 1.29 is 19.4 Å². The zero-order valence-corrected chi connectivity index (χ0v) is 14.5. The van der Waals surface area contributed by atoms with Crippen molar-refractivity contribution in [1.29, 1.82) is 0 Å². The van der Waals surface area contributed by atoms with Gasteiger partial charge in [-0.15, -0.1) is 0 Å². The number of aldehydes is 1. The first-order valence-electron chi connectivity index (χ1n) is 8.70. The zero-order chi connectivity index (χ0) is 17.5. The molecule has 4 nitrogen and oxygen atoms in total. The molecule has 130 valence electrons. The van der Waals surface area contributed by atoms with Gasteiger partial charge in [-0.1, -0.05) is 38.2 Å². The number of ether oxygens (including phenoxy) is 1. The Morgan fingerprint density at radius 3 is 2.75 bits per heavy atom. The zero-order valence-electron chi connectivity index (χ0n) is 14.5. The van der Waals surface area contributed by atoms with Crippen LogP contribution in [0, 0.1) is 22.7 Å². The van der Waals surface area contributed by atoms with Gasteiger partial charge in [0.05, 0.1) is 17.1 Å². The largest absolute Gasteiger partial charge is 0.458 e. The van der Waals surface area contributed by atoms with E-state index in [9.17, 15) is 14.7 Å². The summed E-state index contributed by atoms with van der Waals surface area (Å²) >= 11 is 0. The second-order valence-corrected chi connectivity index (χ2v) is 7.89. The molecule has 0 spiro atoms. The molecule has 0 aromatic rings. The number of cyclic esters (lactones) is 1. The molecule has 1 unspecified atom stereocenters. The summed E-state index contributed by atoms with van der Waals surface area (Å²) in [5, 5.41) is 10.4. The molecular formula is C20H26O4. The van der Waals surface area contributed by atoms with Gasteiger partial charge in [-0.05, 0) is 43.1 Å². The van der Waals surface area contributed by atoms with Crippen molar-refractivity contribution in [2.45, 2.75) is 45.6 Å². The number of allylic oxidation sites excluding steroid dienone is 2. The van der Waals surface area contributed by atoms with E-state index in [0.29, 0.717) is 18.6 Å². The molecule has 0 amide bonds. The van der Waals surface area contributed by atoms with E-state index >= 15 is 0 Å². The number of esters is 1. The van der Waals surface area contributed by atoms with Crippen LogP contribution >= 0.6 is 0 Å². The molecule has 3 rings (SSSR count). The normalized spacial score (nSPS) is 42.6. The second kappa shape index (κ2) is 5.99. The maximum Gasteiger partial charge on any atom is 0.338 e. The first-order chi connectivity index (χ1) is 11.3. The van der Waals surface area contributed by atoms with E-state index in [0.717, 1.165) is 31.1 Å². The first-order valence-corrected chi connectivity index (χ1v) is 8.70. The third kappa shape index (κ3) is 2.48. The van der Waals surface area contributed by atoms with Crippen LogP contribution in [0.1, 0.15) is 39.5 Å². The molecule has 1 aliphatic heterocycles. The molecule has 0 bridgehead atoms. The topological polar surface area (TPSA) is 63.6 Å². The minimum absolute atomic E-state index is 0.0947. The Morgan fingerprint density at radius 2 is 2.12 bits per heavy atom. The molecule has 5 atom stereocenters. The molecule has 4 heteroatoms. The summed E-state index contributed by atoms with van der Waals surface area (Å²) in [6, 6.07) is 0. The molecule has 2 aliphatic carbocycles. The minimum atomic E-state index is -0.717. The van der Waals surface area contributed by atoms with Crippen LogP contribution in [0.15, 0.2) is 36.0 Å². The van der Waals surface area contributed by atoms with E-state index in [4.69, 9.17) is 4.74 Å². The Balaban J connectivity index is 1.94. The minimum Gasteiger partial charge on any atom is -0.458 e. The van der Waals surface area contributed by atoms with Crippen LogP contribution in [0.5, 0.6) is 0 Å². The van der Waals surface area contributed by atoms with Crippen LogP contribution in [0.25, 0.3) is 0 Å². The molecule has 3 aliphatic rings. The van der Waals surface area contributed by atoms with Crippen molar-refractivity contribution in [2.24, 2.45) is 22.7 Å². The Kier molecular flexibility index (Phi) is 4.28. The van der Waals surface area contributed by atoms with Gasteiger partial charge in [-0.3, -0.25) is 0 Å². The highest BCUT2D eigenvalue weighted by Crippen LogP contribution is 2.60. The van der Waals surface area contributed by atoms with Gasteiger partial charge < -0.3 is 14.6 Å². The van der Waals surface area contributed by atoms with E-state index in [2.05, 4.69) is 19.6 Å². The van der Waals surface area contributed by atoms with Crippen molar-refractivity contribution >= 4 is 12.3 Å². The predicted octanol–water partition coefficient (Wildman–Crippen LogP) is 2.97. The van der Waals surface area contributed by atoms with Gasteiger partial charge >= 0.3 is 5.97 Å². The molecule has 0 radical (unpaired) electrons. The highest BCUT2D eigenvalue weighted by Gasteiger charge is 2.57. The predicted molar refractivity (Wildman–Crippen MR) is 91.1 cm³/mol. The lowest BCUT2D eigenvalue weighted by molar-refractivity contribution is -0.149. The standard InChI is InChI=1S/C20H26O4/c1-13-4-7-16-19(2,10-8-17(22)20(16,3)12-21)15(13)6-5-14-9-11-24-18(14)23/h5-6,9,12,15-17,22H,1,4,7-8,10-11H2,2-3H3/b6-5+/t15-,16?,17-,19-,20+/m1/s1. The maximum absolute atomic E-state index is 11.8. The van der Waals surface area contributed by atoms with E-state index in [1.54, 1.807) is 6.08 Å². The lowest BCUT2D eigenvalue weighted by Crippen LogP contribution is -2.56. The van der Waals surface area contributed by atoms with Gasteiger partial charge in [-0.2, -0.15) is 0 Å². The van der Waals surface area contributed by atoms with E-state index in [1.807, 2.05) is 13.0 Å². The van der Waals surface area contributed by atoms with Crippen LogP contribution in [-0.2, 0) is 14.3 Å². The highest BCUT2D eigenvalue weighted by atomic mass is 16.5. The monoisotopic (exact) mass is 330 g/mol. The molecule has 0 aromatic carbocycles. The van der Waals surface area contributed by atoms with Crippen LogP contribution in [0.3, 0.4) is 0 Å². The average molecular weight is 330 g/mol. The summed E-state index contributed by atoms with van der Waals surface area (Å²) in [4.78, 5) is 23.5. The molecule has 1 heterocycles. The molecular weight excluding hydrogens is 304 g/mol. The fraction of sp³-hybridized carbons (Fsp3) is 0.600. The number of rotatable bonds is 3. The average Bonchev–Trinajstić information content (AvgIpc) is 2.96. The SMILES string of the molecule is C=C1CCC2[C@](C)(C=O)[C@H](O)CC[C@]2(C)[C@@H]1/C=C/C1=CCOC1=O. The van der Waals surface area contributed by atoms with Gasteiger partial charge in [0.15, 0.2) is 0 Å². The summed E-state index contributed by atoms with van der Waals surface area (Å²) in [6.07, 6.45) is 9.21. The van der Waals surface area contributed by atoms with Gasteiger partial charge in [0.2, 0.25) is 0 Å². The Labute approximate surface area is 143 Å². The summed E-state index contributed by atoms with van der Waals surface area (Å²) < 4.78 is 4.94. The van der Waals surface area contributed by atoms with E-state index in [-0.39, 0.29) is 23.2 Å². The smallest absolute Gasteiger partial charge is 0.338 e. The van der Waals surface area contributed by atoms with Crippen molar-refractivity contribution in [3.63, 3.8) is 0 Å². The van der Waals surface area contributed by atoms with Crippen LogP contribution in [-0.4, -0.2) is 30.1 Å². The van der Waals surface area contributed by atoms with E-state index < -0.39 is 11.5 Å². The van der Waals surface area contributed by atoms with Gasteiger partial charge in [0.25, 0.3) is 0 Å². The Bertz CT molecular complexity index is 632. The van der Waals surface area contributed by atoms with E-state index in [1.165, 1.54) is 0 Å². The third-order valence-electron chi connectivity index (χ3n) is 6.60. The van der Waals surface area contributed by atoms with Gasteiger partial charge in [-0.25, -0.2) is 4.79 Å². The maximum atomic E-state index is 11.8. The Hall–Kier alpha value is -1.68. The summed E-state index contributed by atoms with van der Waals surface area (Å²) in [7, 11) is 0. The lowest BCUT2D eigenvalue weighted by Gasteiger charge is -2.58. The highest BCUT2D eigenvalue weighted by molar-refractivity contribution is 5.93. The number of fused-ring (bicyclic) bond motifs is 1. The van der Waals surface area contributed by atoms with Crippen LogP contribution in [0.4, 0.5) is 0 Å². The number of carbonyl (C=O) groups excluding carboxylic acids is 2. The molecule has 1 N–H and O–H groups in total. The van der Waals surface area contributed by atoms with Crippen molar-refractivity contribution in [3.05, 3.63) is 36.0 Å². The third-order valence-corrected chi connectivity index (χ3v) is 6.60. The van der Waals surface area contributed by atoms with Gasteiger partial charge in [0, 0.05) is 5.92 Å². The Morgan fingerprint density at radius 1 is 1.38 bits per heavy atom. The fourth-order valence-corrected chi connectivity index (χ4v) is 5.07. The van der Waals surface area contributed by atoms with Crippen molar-refractivity contribution in [2.75, 3.05) is 6.61 Å². The number of hydrogen-bond acceptors (Lipinski definition) is 4. The number of aliphatic hydroxyl groups excluding tert-OH is 1. The van der Waals surface area contributed by atoms with Crippen molar-refractivity contribution in [3.8, 4) is 0 Å². The summed E-state index contributed by atoms with van der Waals surface area (Å²) in [6.45, 7) is 8.67. The summed E-state index contributed by atoms with van der Waals surface area (Å²) in [5.74, 6) is -0.0839. The lowest BCUT2D eigenvalue weighted by atomic mass is 9.46. The number of carbonyl (C=O) groups is 2.